The fourth-order valence-corrected chi connectivity index (χ4v) is 1.61. The highest BCUT2D eigenvalue weighted by Crippen LogP contribution is 2.11. The zero-order valence-corrected chi connectivity index (χ0v) is 8.81. The average Bonchev–Trinajstić information content (AvgIpc) is 2.58. The van der Waals surface area contributed by atoms with Crippen LogP contribution in [0.15, 0.2) is 24.3 Å². The molecule has 16 heavy (non-hydrogen) atoms. The van der Waals surface area contributed by atoms with Gasteiger partial charge in [0.15, 0.2) is 0 Å². The van der Waals surface area contributed by atoms with Gasteiger partial charge in [0.05, 0.1) is 6.67 Å². The summed E-state index contributed by atoms with van der Waals surface area (Å²) in [6, 6.07) is 5.46. The van der Waals surface area contributed by atoms with Crippen LogP contribution in [-0.2, 0) is 4.79 Å². The summed E-state index contributed by atoms with van der Waals surface area (Å²) in [7, 11) is 1.63. The van der Waals surface area contributed by atoms with E-state index < -0.39 is 5.82 Å². The van der Waals surface area contributed by atoms with Crippen molar-refractivity contribution in [2.75, 3.05) is 20.3 Å². The van der Waals surface area contributed by atoms with E-state index in [1.54, 1.807) is 7.05 Å². The van der Waals surface area contributed by atoms with E-state index in [1.165, 1.54) is 34.1 Å². The molecule has 0 N–H and O–H groups in total. The molecule has 0 bridgehead atoms. The maximum atomic E-state index is 12.9. The number of rotatable bonds is 1. The second-order valence-corrected chi connectivity index (χ2v) is 3.75. The molecule has 0 unspecified atom stereocenters. The molecule has 4 nitrogen and oxygen atoms in total. The fourth-order valence-electron chi connectivity index (χ4n) is 1.61. The van der Waals surface area contributed by atoms with E-state index in [2.05, 4.69) is 0 Å². The minimum atomic E-state index is -0.454. The average molecular weight is 222 g/mol. The molecule has 0 aromatic heterocycles. The van der Waals surface area contributed by atoms with Crippen LogP contribution in [0.25, 0.3) is 0 Å². The van der Waals surface area contributed by atoms with Gasteiger partial charge in [-0.05, 0) is 18.2 Å². The van der Waals surface area contributed by atoms with Crippen molar-refractivity contribution in [1.82, 2.24) is 9.80 Å². The van der Waals surface area contributed by atoms with Crippen LogP contribution in [0.4, 0.5) is 4.39 Å². The number of halogens is 1. The number of carbonyl (C=O) groups is 2. The van der Waals surface area contributed by atoms with Gasteiger partial charge >= 0.3 is 0 Å². The molecule has 1 aromatic rings. The second kappa shape index (κ2) is 3.92. The summed E-state index contributed by atoms with van der Waals surface area (Å²) in [6.07, 6.45) is 0. The Morgan fingerprint density at radius 1 is 1.44 bits per heavy atom. The van der Waals surface area contributed by atoms with Gasteiger partial charge in [0.25, 0.3) is 5.91 Å². The Labute approximate surface area is 92.3 Å². The van der Waals surface area contributed by atoms with Crippen molar-refractivity contribution in [1.29, 1.82) is 0 Å². The number of benzene rings is 1. The molecule has 5 heteroatoms. The number of amides is 2. The zero-order chi connectivity index (χ0) is 11.7. The van der Waals surface area contributed by atoms with Crippen molar-refractivity contribution in [3.8, 4) is 0 Å². The first-order valence-electron chi connectivity index (χ1n) is 4.87. The lowest BCUT2D eigenvalue weighted by molar-refractivity contribution is -0.125. The van der Waals surface area contributed by atoms with Gasteiger partial charge in [0.1, 0.15) is 12.4 Å². The van der Waals surface area contributed by atoms with Crippen molar-refractivity contribution in [3.63, 3.8) is 0 Å². The van der Waals surface area contributed by atoms with Crippen molar-refractivity contribution < 1.29 is 14.0 Å². The number of nitrogens with zero attached hydrogens (tertiary/aromatic N) is 2. The number of hydrogen-bond donors (Lipinski definition) is 0. The van der Waals surface area contributed by atoms with E-state index in [9.17, 15) is 14.0 Å². The molecule has 1 aromatic carbocycles. The zero-order valence-electron chi connectivity index (χ0n) is 8.81. The van der Waals surface area contributed by atoms with Gasteiger partial charge in [-0.1, -0.05) is 6.07 Å². The van der Waals surface area contributed by atoms with Crippen LogP contribution in [0.2, 0.25) is 0 Å². The molecule has 0 saturated carbocycles. The third-order valence-corrected chi connectivity index (χ3v) is 2.49. The number of hydrogen-bond acceptors (Lipinski definition) is 2. The number of carbonyl (C=O) groups excluding carboxylic acids is 2. The molecule has 1 heterocycles. The van der Waals surface area contributed by atoms with Gasteiger partial charge in [-0.15, -0.1) is 0 Å². The van der Waals surface area contributed by atoms with Gasteiger partial charge in [-0.3, -0.25) is 9.59 Å². The summed E-state index contributed by atoms with van der Waals surface area (Å²) in [5, 5.41) is 0. The molecule has 1 fully saturated rings. The molecule has 0 spiro atoms. The van der Waals surface area contributed by atoms with Gasteiger partial charge in [0.2, 0.25) is 5.91 Å². The number of likely N-dealkylation sites (N-methyl/N-ethyl adjacent to an activating group) is 1. The minimum Gasteiger partial charge on any atom is -0.326 e. The molecule has 0 radical (unpaired) electrons. The molecule has 84 valence electrons. The molecular formula is C11H11FN2O2. The van der Waals surface area contributed by atoms with E-state index in [-0.39, 0.29) is 30.6 Å². The monoisotopic (exact) mass is 222 g/mol. The van der Waals surface area contributed by atoms with Crippen LogP contribution in [-0.4, -0.2) is 41.9 Å². The van der Waals surface area contributed by atoms with Crippen LogP contribution in [0.3, 0.4) is 0 Å². The fraction of sp³-hybridized carbons (Fsp3) is 0.273. The lowest BCUT2D eigenvalue weighted by Crippen LogP contribution is -2.30. The molecule has 2 rings (SSSR count). The summed E-state index contributed by atoms with van der Waals surface area (Å²) in [5.41, 5.74) is 0.267. The Kier molecular flexibility index (Phi) is 2.60. The Hall–Kier alpha value is -1.91. The topological polar surface area (TPSA) is 40.6 Å². The third-order valence-electron chi connectivity index (χ3n) is 2.49. The Morgan fingerprint density at radius 3 is 2.75 bits per heavy atom. The van der Waals surface area contributed by atoms with E-state index in [0.29, 0.717) is 0 Å². The maximum absolute atomic E-state index is 12.9. The van der Waals surface area contributed by atoms with Crippen LogP contribution < -0.4 is 0 Å². The standard InChI is InChI=1S/C11H11FN2O2/c1-13-7-14(6-10(13)15)11(16)8-3-2-4-9(12)5-8/h2-5H,6-7H2,1H3. The minimum absolute atomic E-state index is 0.0614. The molecule has 1 saturated heterocycles. The highest BCUT2D eigenvalue weighted by atomic mass is 19.1. The Bertz CT molecular complexity index is 447. The summed E-state index contributed by atoms with van der Waals surface area (Å²) in [6.45, 7) is 0.319. The summed E-state index contributed by atoms with van der Waals surface area (Å²) in [4.78, 5) is 26.0. The van der Waals surface area contributed by atoms with E-state index in [4.69, 9.17) is 0 Å². The van der Waals surface area contributed by atoms with Crippen LogP contribution in [0.1, 0.15) is 10.4 Å². The van der Waals surface area contributed by atoms with E-state index in [1.807, 2.05) is 0 Å². The van der Waals surface area contributed by atoms with Crippen molar-refractivity contribution in [2.45, 2.75) is 0 Å². The molecule has 0 atom stereocenters. The highest BCUT2D eigenvalue weighted by molar-refractivity contribution is 5.97. The molecule has 1 aliphatic rings. The highest BCUT2D eigenvalue weighted by Gasteiger charge is 2.28. The molecule has 0 aliphatic carbocycles. The van der Waals surface area contributed by atoms with Crippen molar-refractivity contribution >= 4 is 11.8 Å². The molecule has 1 aliphatic heterocycles. The predicted octanol–water partition coefficient (Wildman–Crippen LogP) is 0.697. The van der Waals surface area contributed by atoms with Gasteiger partial charge < -0.3 is 9.80 Å². The summed E-state index contributed by atoms with van der Waals surface area (Å²) < 4.78 is 12.9. The SMILES string of the molecule is CN1CN(C(=O)c2cccc(F)c2)CC1=O. The summed E-state index contributed by atoms with van der Waals surface area (Å²) >= 11 is 0. The van der Waals surface area contributed by atoms with Crippen LogP contribution >= 0.6 is 0 Å². The van der Waals surface area contributed by atoms with Crippen molar-refractivity contribution in [3.05, 3.63) is 35.6 Å². The second-order valence-electron chi connectivity index (χ2n) is 3.75. The Balaban J connectivity index is 2.17. The maximum Gasteiger partial charge on any atom is 0.255 e. The molecular weight excluding hydrogens is 211 g/mol. The third kappa shape index (κ3) is 1.88. The summed E-state index contributed by atoms with van der Waals surface area (Å²) in [5.74, 6) is -0.883. The van der Waals surface area contributed by atoms with E-state index >= 15 is 0 Å². The van der Waals surface area contributed by atoms with Gasteiger partial charge in [-0.25, -0.2) is 4.39 Å². The normalized spacial score (nSPS) is 15.8. The largest absolute Gasteiger partial charge is 0.326 e. The van der Waals surface area contributed by atoms with Gasteiger partial charge in [-0.2, -0.15) is 0 Å². The van der Waals surface area contributed by atoms with E-state index in [0.717, 1.165) is 0 Å². The lowest BCUT2D eigenvalue weighted by atomic mass is 10.2. The first-order chi connectivity index (χ1) is 7.58. The van der Waals surface area contributed by atoms with Crippen molar-refractivity contribution in [2.24, 2.45) is 0 Å². The quantitative estimate of drug-likeness (QED) is 0.701. The first kappa shape index (κ1) is 10.6. The predicted molar refractivity (Wildman–Crippen MR) is 55.1 cm³/mol. The van der Waals surface area contributed by atoms with Gasteiger partial charge in [0, 0.05) is 12.6 Å². The smallest absolute Gasteiger partial charge is 0.255 e. The lowest BCUT2D eigenvalue weighted by Gasteiger charge is -2.14. The van der Waals surface area contributed by atoms with Crippen LogP contribution in [0, 0.1) is 5.82 Å². The first-order valence-corrected chi connectivity index (χ1v) is 4.87. The van der Waals surface area contributed by atoms with Crippen LogP contribution in [0.5, 0.6) is 0 Å². The molecule has 2 amide bonds. The Morgan fingerprint density at radius 2 is 2.19 bits per heavy atom.